The lowest BCUT2D eigenvalue weighted by Crippen LogP contribution is -2.20. The molecule has 0 saturated carbocycles. The van der Waals surface area contributed by atoms with Gasteiger partial charge in [0.05, 0.1) is 7.11 Å². The third-order valence-corrected chi connectivity index (χ3v) is 2.83. The Labute approximate surface area is 103 Å². The first-order valence-electron chi connectivity index (χ1n) is 5.56. The number of allylic oxidation sites excluding steroid dienone is 1. The van der Waals surface area contributed by atoms with E-state index in [1.54, 1.807) is 24.3 Å². The highest BCUT2D eigenvalue weighted by atomic mass is 19.3. The first kappa shape index (κ1) is 12.5. The van der Waals surface area contributed by atoms with Crippen molar-refractivity contribution >= 4 is 17.2 Å². The normalized spacial score (nSPS) is 19.6. The second-order valence-electron chi connectivity index (χ2n) is 4.01. The Morgan fingerprint density at radius 2 is 2.17 bits per heavy atom. The molecule has 0 saturated heterocycles. The fourth-order valence-electron chi connectivity index (χ4n) is 1.92. The lowest BCUT2D eigenvalue weighted by molar-refractivity contribution is -0.134. The number of carbonyl (C=O) groups excluding carboxylic acids is 1. The molecule has 5 heteroatoms. The van der Waals surface area contributed by atoms with Gasteiger partial charge in [0.25, 0.3) is 5.92 Å². The predicted octanol–water partition coefficient (Wildman–Crippen LogP) is 2.69. The van der Waals surface area contributed by atoms with Crippen LogP contribution in [-0.2, 0) is 9.53 Å². The van der Waals surface area contributed by atoms with Gasteiger partial charge in [0.1, 0.15) is 0 Å². The first-order chi connectivity index (χ1) is 8.54. The molecule has 1 aromatic rings. The molecule has 0 amide bonds. The van der Waals surface area contributed by atoms with Crippen molar-refractivity contribution in [3.63, 3.8) is 0 Å². The van der Waals surface area contributed by atoms with Crippen molar-refractivity contribution in [2.24, 2.45) is 0 Å². The van der Waals surface area contributed by atoms with Gasteiger partial charge < -0.3 is 10.1 Å². The molecule has 0 radical (unpaired) electrons. The Balaban J connectivity index is 2.56. The second-order valence-corrected chi connectivity index (χ2v) is 4.01. The van der Waals surface area contributed by atoms with E-state index in [9.17, 15) is 13.6 Å². The van der Waals surface area contributed by atoms with Crippen LogP contribution in [0.3, 0.4) is 0 Å². The van der Waals surface area contributed by atoms with Crippen LogP contribution in [0.2, 0.25) is 0 Å². The van der Waals surface area contributed by atoms with Crippen molar-refractivity contribution in [1.29, 1.82) is 0 Å². The highest BCUT2D eigenvalue weighted by molar-refractivity contribution is 5.95. The summed E-state index contributed by atoms with van der Waals surface area (Å²) in [6.07, 6.45) is 0.510. The molecule has 0 spiro atoms. The predicted molar refractivity (Wildman–Crippen MR) is 64.5 cm³/mol. The number of hydrogen-bond acceptors (Lipinski definition) is 3. The van der Waals surface area contributed by atoms with Crippen molar-refractivity contribution in [1.82, 2.24) is 0 Å². The summed E-state index contributed by atoms with van der Waals surface area (Å²) >= 11 is 0. The maximum absolute atomic E-state index is 14.0. The summed E-state index contributed by atoms with van der Waals surface area (Å²) < 4.78 is 32.4. The number of methoxy groups -OCH3 is 1. The number of para-hydroxylation sites is 1. The van der Waals surface area contributed by atoms with Gasteiger partial charge in [-0.2, -0.15) is 0 Å². The summed E-state index contributed by atoms with van der Waals surface area (Å²) in [5, 5.41) is 2.93. The van der Waals surface area contributed by atoms with Gasteiger partial charge in [-0.25, -0.2) is 13.6 Å². The number of benzene rings is 1. The standard InChI is InChI=1S/C13H13F2NO2/c1-18-12(17)8-10-9-4-2-3-5-11(9)16-7-6-13(10,14)15/h2-5,8,16H,6-7H2,1H3/b10-8-. The van der Waals surface area contributed by atoms with Gasteiger partial charge in [-0.1, -0.05) is 18.2 Å². The Kier molecular flexibility index (Phi) is 3.32. The SMILES string of the molecule is COC(=O)/C=C1/c2ccccc2NCCC1(F)F. The zero-order valence-electron chi connectivity index (χ0n) is 9.87. The van der Waals surface area contributed by atoms with Gasteiger partial charge in [0.2, 0.25) is 0 Å². The zero-order valence-corrected chi connectivity index (χ0v) is 9.87. The van der Waals surface area contributed by atoms with Crippen LogP contribution < -0.4 is 5.32 Å². The third-order valence-electron chi connectivity index (χ3n) is 2.83. The smallest absolute Gasteiger partial charge is 0.330 e. The van der Waals surface area contributed by atoms with Crippen LogP contribution in [0, 0.1) is 0 Å². The van der Waals surface area contributed by atoms with E-state index in [0.29, 0.717) is 11.3 Å². The van der Waals surface area contributed by atoms with Gasteiger partial charge in [-0.15, -0.1) is 0 Å². The summed E-state index contributed by atoms with van der Waals surface area (Å²) in [5.41, 5.74) is 0.644. The van der Waals surface area contributed by atoms with E-state index in [0.717, 1.165) is 6.08 Å². The second kappa shape index (κ2) is 4.76. The van der Waals surface area contributed by atoms with Crippen LogP contribution in [-0.4, -0.2) is 25.5 Å². The molecule has 96 valence electrons. The average Bonchev–Trinajstić information content (AvgIpc) is 2.47. The molecule has 1 N–H and O–H groups in total. The molecule has 0 unspecified atom stereocenters. The molecule has 1 aliphatic heterocycles. The lowest BCUT2D eigenvalue weighted by Gasteiger charge is -2.17. The minimum Gasteiger partial charge on any atom is -0.466 e. The van der Waals surface area contributed by atoms with Crippen LogP contribution in [0.4, 0.5) is 14.5 Å². The van der Waals surface area contributed by atoms with Gasteiger partial charge in [-0.05, 0) is 6.07 Å². The Morgan fingerprint density at radius 3 is 2.89 bits per heavy atom. The van der Waals surface area contributed by atoms with Gasteiger partial charge in [-0.3, -0.25) is 0 Å². The van der Waals surface area contributed by atoms with Crippen LogP contribution in [0.1, 0.15) is 12.0 Å². The number of anilines is 1. The molecule has 18 heavy (non-hydrogen) atoms. The molecule has 0 aliphatic carbocycles. The summed E-state index contributed by atoms with van der Waals surface area (Å²) in [6.45, 7) is 0.155. The van der Waals surface area contributed by atoms with Gasteiger partial charge in [0, 0.05) is 35.9 Å². The molecule has 0 atom stereocenters. The van der Waals surface area contributed by atoms with E-state index in [4.69, 9.17) is 0 Å². The van der Waals surface area contributed by atoms with Crippen molar-refractivity contribution < 1.29 is 18.3 Å². The van der Waals surface area contributed by atoms with Crippen LogP contribution in [0.5, 0.6) is 0 Å². The molecular weight excluding hydrogens is 240 g/mol. The number of halogens is 2. The number of fused-ring (bicyclic) bond motifs is 1. The summed E-state index contributed by atoms with van der Waals surface area (Å²) in [5.74, 6) is -3.82. The molecule has 0 fully saturated rings. The molecular formula is C13H13F2NO2. The van der Waals surface area contributed by atoms with Crippen LogP contribution >= 0.6 is 0 Å². The van der Waals surface area contributed by atoms with Crippen LogP contribution in [0.25, 0.3) is 5.57 Å². The Morgan fingerprint density at radius 1 is 1.44 bits per heavy atom. The fraction of sp³-hybridized carbons (Fsp3) is 0.308. The largest absolute Gasteiger partial charge is 0.466 e. The van der Waals surface area contributed by atoms with Crippen molar-refractivity contribution in [2.75, 3.05) is 19.0 Å². The summed E-state index contributed by atoms with van der Waals surface area (Å²) in [7, 11) is 1.17. The molecule has 1 aromatic carbocycles. The number of alkyl halides is 2. The molecule has 1 heterocycles. The maximum Gasteiger partial charge on any atom is 0.330 e. The van der Waals surface area contributed by atoms with E-state index in [2.05, 4.69) is 10.1 Å². The lowest BCUT2D eigenvalue weighted by atomic mass is 9.97. The fourth-order valence-corrected chi connectivity index (χ4v) is 1.92. The van der Waals surface area contributed by atoms with E-state index in [1.165, 1.54) is 7.11 Å². The molecule has 1 aliphatic rings. The Hall–Kier alpha value is -1.91. The monoisotopic (exact) mass is 253 g/mol. The van der Waals surface area contributed by atoms with Crippen molar-refractivity contribution in [3.8, 4) is 0 Å². The quantitative estimate of drug-likeness (QED) is 0.617. The number of carbonyl (C=O) groups is 1. The average molecular weight is 253 g/mol. The van der Waals surface area contributed by atoms with Gasteiger partial charge in [0.15, 0.2) is 0 Å². The summed E-state index contributed by atoms with van der Waals surface area (Å²) in [6, 6.07) is 6.69. The maximum atomic E-state index is 14.0. The highest BCUT2D eigenvalue weighted by Crippen LogP contribution is 2.40. The number of rotatable bonds is 1. The molecule has 3 nitrogen and oxygen atoms in total. The molecule has 2 rings (SSSR count). The van der Waals surface area contributed by atoms with E-state index in [-0.39, 0.29) is 18.5 Å². The molecule has 0 bridgehead atoms. The minimum atomic E-state index is -3.05. The minimum absolute atomic E-state index is 0.155. The summed E-state index contributed by atoms with van der Waals surface area (Å²) in [4.78, 5) is 11.2. The molecule has 0 aromatic heterocycles. The number of esters is 1. The van der Waals surface area contributed by atoms with Gasteiger partial charge >= 0.3 is 5.97 Å². The number of nitrogens with one attached hydrogen (secondary N) is 1. The van der Waals surface area contributed by atoms with Crippen molar-refractivity contribution in [3.05, 3.63) is 35.9 Å². The topological polar surface area (TPSA) is 38.3 Å². The van der Waals surface area contributed by atoms with E-state index in [1.807, 2.05) is 0 Å². The van der Waals surface area contributed by atoms with E-state index >= 15 is 0 Å². The number of hydrogen-bond donors (Lipinski definition) is 1. The Bertz CT molecular complexity index is 498. The van der Waals surface area contributed by atoms with E-state index < -0.39 is 11.9 Å². The highest BCUT2D eigenvalue weighted by Gasteiger charge is 2.38. The third kappa shape index (κ3) is 2.34. The van der Waals surface area contributed by atoms with Crippen LogP contribution in [0.15, 0.2) is 30.3 Å². The van der Waals surface area contributed by atoms with Crippen molar-refractivity contribution in [2.45, 2.75) is 12.3 Å². The first-order valence-corrected chi connectivity index (χ1v) is 5.56. The number of ether oxygens (including phenoxy) is 1. The zero-order chi connectivity index (χ0) is 13.2.